The predicted octanol–water partition coefficient (Wildman–Crippen LogP) is 2.50. The van der Waals surface area contributed by atoms with Gasteiger partial charge in [0, 0.05) is 50.9 Å². The first-order valence-electron chi connectivity index (χ1n) is 11.4. The Hall–Kier alpha value is -2.78. The third-order valence-corrected chi connectivity index (χ3v) is 8.04. The van der Waals surface area contributed by atoms with E-state index in [1.165, 1.54) is 10.4 Å². The molecule has 0 radical (unpaired) electrons. The van der Waals surface area contributed by atoms with E-state index < -0.39 is 10.0 Å². The average molecular weight is 474 g/mol. The number of carbonyl (C=O) groups is 1. The van der Waals surface area contributed by atoms with Crippen molar-refractivity contribution in [2.24, 2.45) is 5.92 Å². The van der Waals surface area contributed by atoms with Crippen LogP contribution < -0.4 is 19.7 Å². The molecule has 2 aliphatic heterocycles. The lowest BCUT2D eigenvalue weighted by Gasteiger charge is -2.31. The SMILES string of the molecule is CN(CCCNC(=O)C1CCN(S(=O)(=O)c2ccc3c(c2)OCCO3)CC1)c1ccccc1. The molecule has 2 heterocycles. The Morgan fingerprint density at radius 2 is 1.76 bits per heavy atom. The second kappa shape index (κ2) is 10.4. The first kappa shape index (κ1) is 23.4. The zero-order chi connectivity index (χ0) is 23.3. The van der Waals surface area contributed by atoms with Gasteiger partial charge in [0.05, 0.1) is 4.90 Å². The Balaban J connectivity index is 1.23. The molecule has 1 N–H and O–H groups in total. The summed E-state index contributed by atoms with van der Waals surface area (Å²) >= 11 is 0. The van der Waals surface area contributed by atoms with Crippen molar-refractivity contribution in [1.29, 1.82) is 0 Å². The molecule has 1 saturated heterocycles. The van der Waals surface area contributed by atoms with E-state index >= 15 is 0 Å². The fraction of sp³-hybridized carbons (Fsp3) is 0.458. The maximum absolute atomic E-state index is 13.1. The number of fused-ring (bicyclic) bond motifs is 1. The molecule has 0 saturated carbocycles. The lowest BCUT2D eigenvalue weighted by Crippen LogP contribution is -2.43. The van der Waals surface area contributed by atoms with E-state index in [1.54, 1.807) is 12.1 Å². The lowest BCUT2D eigenvalue weighted by atomic mass is 9.97. The minimum Gasteiger partial charge on any atom is -0.486 e. The van der Waals surface area contributed by atoms with Gasteiger partial charge < -0.3 is 19.7 Å². The monoisotopic (exact) mass is 473 g/mol. The van der Waals surface area contributed by atoms with Crippen molar-refractivity contribution in [3.05, 3.63) is 48.5 Å². The van der Waals surface area contributed by atoms with Crippen LogP contribution in [0.1, 0.15) is 19.3 Å². The van der Waals surface area contributed by atoms with E-state index in [0.717, 1.165) is 18.7 Å². The number of para-hydroxylation sites is 1. The van der Waals surface area contributed by atoms with Gasteiger partial charge in [-0.15, -0.1) is 0 Å². The van der Waals surface area contributed by atoms with Gasteiger partial charge in [-0.25, -0.2) is 8.42 Å². The summed E-state index contributed by atoms with van der Waals surface area (Å²) < 4.78 is 38.6. The number of nitrogens with one attached hydrogen (secondary N) is 1. The molecule has 8 nitrogen and oxygen atoms in total. The number of piperidine rings is 1. The van der Waals surface area contributed by atoms with Gasteiger partial charge in [-0.3, -0.25) is 4.79 Å². The van der Waals surface area contributed by atoms with Crippen LogP contribution in [0.15, 0.2) is 53.4 Å². The summed E-state index contributed by atoms with van der Waals surface area (Å²) in [4.78, 5) is 14.9. The summed E-state index contributed by atoms with van der Waals surface area (Å²) in [6.45, 7) is 2.96. The zero-order valence-electron chi connectivity index (χ0n) is 18.9. The molecule has 9 heteroatoms. The van der Waals surface area contributed by atoms with Crippen LogP contribution in [0.5, 0.6) is 11.5 Å². The Morgan fingerprint density at radius 3 is 2.48 bits per heavy atom. The van der Waals surface area contributed by atoms with Crippen molar-refractivity contribution in [1.82, 2.24) is 9.62 Å². The first-order chi connectivity index (χ1) is 15.9. The molecule has 0 bridgehead atoms. The maximum Gasteiger partial charge on any atom is 0.243 e. The van der Waals surface area contributed by atoms with Gasteiger partial charge in [-0.2, -0.15) is 4.31 Å². The number of rotatable bonds is 8. The zero-order valence-corrected chi connectivity index (χ0v) is 19.7. The van der Waals surface area contributed by atoms with E-state index in [4.69, 9.17) is 9.47 Å². The minimum absolute atomic E-state index is 0.00809. The van der Waals surface area contributed by atoms with Crippen molar-refractivity contribution >= 4 is 21.6 Å². The highest BCUT2D eigenvalue weighted by Crippen LogP contribution is 2.34. The number of ether oxygens (including phenoxy) is 2. The van der Waals surface area contributed by atoms with Gasteiger partial charge in [0.1, 0.15) is 13.2 Å². The van der Waals surface area contributed by atoms with Gasteiger partial charge in [-0.1, -0.05) is 18.2 Å². The lowest BCUT2D eigenvalue weighted by molar-refractivity contribution is -0.126. The summed E-state index contributed by atoms with van der Waals surface area (Å²) in [5.41, 5.74) is 1.15. The van der Waals surface area contributed by atoms with Crippen LogP contribution in [0.3, 0.4) is 0 Å². The third-order valence-electron chi connectivity index (χ3n) is 6.14. The fourth-order valence-electron chi connectivity index (χ4n) is 4.18. The van der Waals surface area contributed by atoms with Crippen molar-refractivity contribution in [3.63, 3.8) is 0 Å². The second-order valence-corrected chi connectivity index (χ2v) is 10.3. The van der Waals surface area contributed by atoms with Gasteiger partial charge in [0.15, 0.2) is 11.5 Å². The quantitative estimate of drug-likeness (QED) is 0.593. The van der Waals surface area contributed by atoms with Crippen molar-refractivity contribution in [3.8, 4) is 11.5 Å². The summed E-state index contributed by atoms with van der Waals surface area (Å²) in [5.74, 6) is 0.859. The molecule has 0 unspecified atom stereocenters. The topological polar surface area (TPSA) is 88.2 Å². The molecule has 1 fully saturated rings. The van der Waals surface area contributed by atoms with Crippen molar-refractivity contribution in [2.45, 2.75) is 24.2 Å². The van der Waals surface area contributed by atoms with Crippen LogP contribution in [-0.2, 0) is 14.8 Å². The van der Waals surface area contributed by atoms with Crippen LogP contribution in [0.2, 0.25) is 0 Å². The Kier molecular flexibility index (Phi) is 7.39. The van der Waals surface area contributed by atoms with Crippen molar-refractivity contribution < 1.29 is 22.7 Å². The number of benzene rings is 2. The van der Waals surface area contributed by atoms with Crippen LogP contribution in [0.4, 0.5) is 5.69 Å². The van der Waals surface area contributed by atoms with E-state index in [1.807, 2.05) is 25.2 Å². The van der Waals surface area contributed by atoms with E-state index in [-0.39, 0.29) is 16.7 Å². The van der Waals surface area contributed by atoms with Gasteiger partial charge in [-0.05, 0) is 43.5 Å². The van der Waals surface area contributed by atoms with E-state index in [2.05, 4.69) is 22.3 Å². The van der Waals surface area contributed by atoms with E-state index in [9.17, 15) is 13.2 Å². The Morgan fingerprint density at radius 1 is 1.06 bits per heavy atom. The molecule has 1 amide bonds. The van der Waals surface area contributed by atoms with Crippen LogP contribution >= 0.6 is 0 Å². The standard InChI is InChI=1S/C24H31N3O5S/c1-26(20-6-3-2-4-7-20)13-5-12-25-24(28)19-10-14-27(15-11-19)33(29,30)21-8-9-22-23(18-21)32-17-16-31-22/h2-4,6-9,18-19H,5,10-17H2,1H3,(H,25,28). The smallest absolute Gasteiger partial charge is 0.243 e. The maximum atomic E-state index is 13.1. The average Bonchev–Trinajstić information content (AvgIpc) is 2.86. The summed E-state index contributed by atoms with van der Waals surface area (Å²) in [6, 6.07) is 14.8. The molecular formula is C24H31N3O5S. The summed E-state index contributed by atoms with van der Waals surface area (Å²) in [6.07, 6.45) is 1.87. The van der Waals surface area contributed by atoms with Crippen LogP contribution in [-0.4, -0.2) is 65.1 Å². The molecule has 0 aliphatic carbocycles. The Bertz CT molecular complexity index is 1050. The van der Waals surface area contributed by atoms with Crippen LogP contribution in [0, 0.1) is 5.92 Å². The number of hydrogen-bond acceptors (Lipinski definition) is 6. The van der Waals surface area contributed by atoms with Crippen molar-refractivity contribution in [2.75, 3.05) is 51.3 Å². The molecule has 0 atom stereocenters. The minimum atomic E-state index is -3.64. The highest BCUT2D eigenvalue weighted by molar-refractivity contribution is 7.89. The molecule has 0 aromatic heterocycles. The number of anilines is 1. The van der Waals surface area contributed by atoms with Gasteiger partial charge >= 0.3 is 0 Å². The largest absolute Gasteiger partial charge is 0.486 e. The van der Waals surface area contributed by atoms with Gasteiger partial charge in [0.25, 0.3) is 0 Å². The number of nitrogens with zero attached hydrogens (tertiary/aromatic N) is 2. The summed E-state index contributed by atoms with van der Waals surface area (Å²) in [5, 5.41) is 3.01. The number of carbonyl (C=O) groups excluding carboxylic acids is 1. The molecular weight excluding hydrogens is 442 g/mol. The molecule has 178 valence electrons. The number of amides is 1. The third kappa shape index (κ3) is 5.59. The normalized spacial score (nSPS) is 16.9. The number of sulfonamides is 1. The molecule has 0 spiro atoms. The fourth-order valence-corrected chi connectivity index (χ4v) is 5.66. The van der Waals surface area contributed by atoms with Gasteiger partial charge in [0.2, 0.25) is 15.9 Å². The molecule has 2 aromatic carbocycles. The molecule has 2 aromatic rings. The van der Waals surface area contributed by atoms with Crippen LogP contribution in [0.25, 0.3) is 0 Å². The highest BCUT2D eigenvalue weighted by atomic mass is 32.2. The predicted molar refractivity (Wildman–Crippen MR) is 126 cm³/mol. The van der Waals surface area contributed by atoms with E-state index in [0.29, 0.717) is 57.2 Å². The second-order valence-electron chi connectivity index (χ2n) is 8.39. The molecule has 33 heavy (non-hydrogen) atoms. The summed E-state index contributed by atoms with van der Waals surface area (Å²) in [7, 11) is -1.60. The first-order valence-corrected chi connectivity index (χ1v) is 12.8. The molecule has 4 rings (SSSR count). The molecule has 2 aliphatic rings. The number of hydrogen-bond donors (Lipinski definition) is 1. The Labute approximate surface area is 195 Å². The highest BCUT2D eigenvalue weighted by Gasteiger charge is 2.32.